The van der Waals surface area contributed by atoms with Crippen LogP contribution in [-0.2, 0) is 11.2 Å². The van der Waals surface area contributed by atoms with Crippen LogP contribution < -0.4 is 5.32 Å². The van der Waals surface area contributed by atoms with Gasteiger partial charge in [0.05, 0.1) is 0 Å². The number of amides is 1. The minimum absolute atomic E-state index is 0.170. The average molecular weight is 212 g/mol. The summed E-state index contributed by atoms with van der Waals surface area (Å²) in [7, 11) is 1.58. The highest BCUT2D eigenvalue weighted by Crippen LogP contribution is 2.20. The maximum atomic E-state index is 11.2. The van der Waals surface area contributed by atoms with Gasteiger partial charge in [-0.2, -0.15) is 0 Å². The summed E-state index contributed by atoms with van der Waals surface area (Å²) in [6.45, 7) is 2.09. The monoisotopic (exact) mass is 211 g/mol. The Morgan fingerprint density at radius 2 is 2.00 bits per heavy atom. The molecule has 0 aliphatic carbocycles. The van der Waals surface area contributed by atoms with Gasteiger partial charge >= 0.3 is 0 Å². The smallest absolute Gasteiger partial charge is 0.242 e. The van der Waals surface area contributed by atoms with Crippen molar-refractivity contribution in [2.24, 2.45) is 0 Å². The second-order valence-electron chi connectivity index (χ2n) is 3.07. The Hall–Kier alpha value is -1.02. The van der Waals surface area contributed by atoms with E-state index < -0.39 is 5.38 Å². The van der Waals surface area contributed by atoms with Crippen molar-refractivity contribution in [1.29, 1.82) is 0 Å². The van der Waals surface area contributed by atoms with Crippen molar-refractivity contribution in [2.75, 3.05) is 7.05 Å². The summed E-state index contributed by atoms with van der Waals surface area (Å²) in [5, 5.41) is 1.93. The molecule has 1 atom stereocenters. The first-order valence-electron chi connectivity index (χ1n) is 4.63. The molecule has 1 aromatic carbocycles. The topological polar surface area (TPSA) is 29.1 Å². The lowest BCUT2D eigenvalue weighted by Crippen LogP contribution is -2.22. The summed E-state index contributed by atoms with van der Waals surface area (Å²) in [5.41, 5.74) is 2.08. The molecule has 1 N–H and O–H groups in total. The standard InChI is InChI=1S/C11H14ClNO/c1-3-8-4-6-9(7-5-8)10(12)11(14)13-2/h4-7,10H,3H2,1-2H3,(H,13,14). The van der Waals surface area contributed by atoms with Crippen LogP contribution >= 0.6 is 11.6 Å². The van der Waals surface area contributed by atoms with Crippen molar-refractivity contribution >= 4 is 17.5 Å². The van der Waals surface area contributed by atoms with E-state index in [0.29, 0.717) is 0 Å². The lowest BCUT2D eigenvalue weighted by atomic mass is 10.1. The van der Waals surface area contributed by atoms with Gasteiger partial charge in [-0.1, -0.05) is 31.2 Å². The fourth-order valence-electron chi connectivity index (χ4n) is 1.20. The first-order chi connectivity index (χ1) is 6.69. The predicted molar refractivity (Wildman–Crippen MR) is 58.5 cm³/mol. The molecule has 1 amide bonds. The van der Waals surface area contributed by atoms with Gasteiger partial charge in [-0.05, 0) is 17.5 Å². The van der Waals surface area contributed by atoms with Crippen molar-refractivity contribution in [1.82, 2.24) is 5.32 Å². The zero-order valence-corrected chi connectivity index (χ0v) is 9.14. The van der Waals surface area contributed by atoms with Crippen LogP contribution in [0.25, 0.3) is 0 Å². The van der Waals surface area contributed by atoms with Crippen LogP contribution in [0.4, 0.5) is 0 Å². The molecular formula is C11H14ClNO. The third-order valence-electron chi connectivity index (χ3n) is 2.16. The van der Waals surface area contributed by atoms with Crippen molar-refractivity contribution in [3.05, 3.63) is 35.4 Å². The van der Waals surface area contributed by atoms with E-state index in [1.54, 1.807) is 7.05 Å². The first kappa shape index (κ1) is 11.1. The van der Waals surface area contributed by atoms with Gasteiger partial charge in [0, 0.05) is 7.05 Å². The third kappa shape index (κ3) is 2.48. The first-order valence-corrected chi connectivity index (χ1v) is 5.07. The van der Waals surface area contributed by atoms with Crippen LogP contribution in [0, 0.1) is 0 Å². The van der Waals surface area contributed by atoms with Crippen molar-refractivity contribution in [2.45, 2.75) is 18.7 Å². The van der Waals surface area contributed by atoms with Gasteiger partial charge in [-0.3, -0.25) is 4.79 Å². The van der Waals surface area contributed by atoms with Crippen molar-refractivity contribution in [3.8, 4) is 0 Å². The second kappa shape index (κ2) is 5.01. The molecule has 0 heterocycles. The Labute approximate surface area is 89.3 Å². The lowest BCUT2D eigenvalue weighted by molar-refractivity contribution is -0.120. The Morgan fingerprint density at radius 3 is 2.43 bits per heavy atom. The van der Waals surface area contributed by atoms with Gasteiger partial charge in [0.1, 0.15) is 5.38 Å². The van der Waals surface area contributed by atoms with Crippen molar-refractivity contribution in [3.63, 3.8) is 0 Å². The number of carbonyl (C=O) groups excluding carboxylic acids is 1. The molecule has 0 spiro atoms. The van der Waals surface area contributed by atoms with Gasteiger partial charge in [0.15, 0.2) is 0 Å². The minimum Gasteiger partial charge on any atom is -0.358 e. The number of nitrogens with one attached hydrogen (secondary N) is 1. The summed E-state index contributed by atoms with van der Waals surface area (Å²) >= 11 is 5.94. The Bertz CT molecular complexity index is 308. The van der Waals surface area contributed by atoms with E-state index in [1.165, 1.54) is 5.56 Å². The summed E-state index contributed by atoms with van der Waals surface area (Å²) in [6.07, 6.45) is 0.993. The molecule has 76 valence electrons. The molecule has 2 nitrogen and oxygen atoms in total. The van der Waals surface area contributed by atoms with E-state index in [1.807, 2.05) is 24.3 Å². The van der Waals surface area contributed by atoms with Crippen LogP contribution in [0.15, 0.2) is 24.3 Å². The predicted octanol–water partition coefficient (Wildman–Crippen LogP) is 2.27. The zero-order chi connectivity index (χ0) is 10.6. The number of alkyl halides is 1. The summed E-state index contributed by atoms with van der Waals surface area (Å²) in [6, 6.07) is 7.78. The van der Waals surface area contributed by atoms with E-state index in [9.17, 15) is 4.79 Å². The summed E-state index contributed by atoms with van der Waals surface area (Å²) in [4.78, 5) is 11.2. The maximum Gasteiger partial charge on any atom is 0.242 e. The molecule has 0 saturated heterocycles. The molecule has 1 rings (SSSR count). The Morgan fingerprint density at radius 1 is 1.43 bits per heavy atom. The summed E-state index contributed by atoms with van der Waals surface area (Å²) < 4.78 is 0. The Balaban J connectivity index is 2.81. The summed E-state index contributed by atoms with van der Waals surface area (Å²) in [5.74, 6) is -0.170. The largest absolute Gasteiger partial charge is 0.358 e. The highest BCUT2D eigenvalue weighted by Gasteiger charge is 2.15. The average Bonchev–Trinajstić information content (AvgIpc) is 2.27. The number of hydrogen-bond acceptors (Lipinski definition) is 1. The molecule has 14 heavy (non-hydrogen) atoms. The van der Waals surface area contributed by atoms with E-state index >= 15 is 0 Å². The van der Waals surface area contributed by atoms with Crippen LogP contribution in [0.5, 0.6) is 0 Å². The lowest BCUT2D eigenvalue weighted by Gasteiger charge is -2.08. The quantitative estimate of drug-likeness (QED) is 0.764. The maximum absolute atomic E-state index is 11.2. The molecule has 1 aromatic rings. The highest BCUT2D eigenvalue weighted by molar-refractivity contribution is 6.30. The Kier molecular flexibility index (Phi) is 3.96. The van der Waals surface area contributed by atoms with E-state index in [4.69, 9.17) is 11.6 Å². The van der Waals surface area contributed by atoms with Crippen LogP contribution in [-0.4, -0.2) is 13.0 Å². The van der Waals surface area contributed by atoms with Gasteiger partial charge in [0.25, 0.3) is 0 Å². The molecule has 0 aliphatic heterocycles. The molecule has 1 unspecified atom stereocenters. The highest BCUT2D eigenvalue weighted by atomic mass is 35.5. The molecule has 0 aromatic heterocycles. The molecule has 0 saturated carbocycles. The third-order valence-corrected chi connectivity index (χ3v) is 2.61. The van der Waals surface area contributed by atoms with Gasteiger partial charge in [-0.15, -0.1) is 11.6 Å². The van der Waals surface area contributed by atoms with Gasteiger partial charge in [0.2, 0.25) is 5.91 Å². The molecule has 0 fully saturated rings. The fraction of sp³-hybridized carbons (Fsp3) is 0.364. The number of benzene rings is 1. The fourth-order valence-corrected chi connectivity index (χ4v) is 1.45. The SMILES string of the molecule is CCc1ccc(C(Cl)C(=O)NC)cc1. The van der Waals surface area contributed by atoms with Gasteiger partial charge < -0.3 is 5.32 Å². The van der Waals surface area contributed by atoms with E-state index in [0.717, 1.165) is 12.0 Å². The minimum atomic E-state index is -0.592. The van der Waals surface area contributed by atoms with Crippen molar-refractivity contribution < 1.29 is 4.79 Å². The van der Waals surface area contributed by atoms with E-state index in [-0.39, 0.29) is 5.91 Å². The zero-order valence-electron chi connectivity index (χ0n) is 8.38. The number of rotatable bonds is 3. The second-order valence-corrected chi connectivity index (χ2v) is 3.51. The number of aryl methyl sites for hydroxylation is 1. The molecule has 3 heteroatoms. The van der Waals surface area contributed by atoms with Crippen LogP contribution in [0.2, 0.25) is 0 Å². The molecule has 0 radical (unpaired) electrons. The number of halogens is 1. The molecular weight excluding hydrogens is 198 g/mol. The number of hydrogen-bond donors (Lipinski definition) is 1. The van der Waals surface area contributed by atoms with E-state index in [2.05, 4.69) is 12.2 Å². The number of likely N-dealkylation sites (N-methyl/N-ethyl adjacent to an activating group) is 1. The van der Waals surface area contributed by atoms with Crippen LogP contribution in [0.3, 0.4) is 0 Å². The van der Waals surface area contributed by atoms with Gasteiger partial charge in [-0.25, -0.2) is 0 Å². The number of carbonyl (C=O) groups is 1. The molecule has 0 aliphatic rings. The van der Waals surface area contributed by atoms with Crippen LogP contribution in [0.1, 0.15) is 23.4 Å². The molecule has 0 bridgehead atoms. The normalized spacial score (nSPS) is 12.2.